The fourth-order valence-corrected chi connectivity index (χ4v) is 3.65. The molecule has 4 nitrogen and oxygen atoms in total. The number of fused-ring (bicyclic) bond motifs is 2. The molecule has 134 valence electrons. The second-order valence-electron chi connectivity index (χ2n) is 7.17. The van der Waals surface area contributed by atoms with Gasteiger partial charge in [-0.15, -0.1) is 0 Å². The molecule has 0 saturated heterocycles. The lowest BCUT2D eigenvalue weighted by Crippen LogP contribution is -2.44. The number of nitrogens with one attached hydrogen (secondary N) is 1. The van der Waals surface area contributed by atoms with E-state index < -0.39 is 0 Å². The SMILES string of the molecule is CCC1CN(C(=O)c2oc3ccccc3c2C)c2cc(C)c(C)cc2N1. The molecule has 4 heteroatoms. The average molecular weight is 348 g/mol. The molecule has 1 aliphatic heterocycles. The summed E-state index contributed by atoms with van der Waals surface area (Å²) in [5, 5.41) is 4.57. The van der Waals surface area contributed by atoms with Crippen LogP contribution in [-0.2, 0) is 0 Å². The molecule has 0 aliphatic carbocycles. The van der Waals surface area contributed by atoms with Crippen LogP contribution in [0.2, 0.25) is 0 Å². The van der Waals surface area contributed by atoms with Gasteiger partial charge in [0.05, 0.1) is 11.4 Å². The summed E-state index contributed by atoms with van der Waals surface area (Å²) in [6.45, 7) is 8.92. The number of benzene rings is 2. The number of hydrogen-bond acceptors (Lipinski definition) is 3. The number of aryl methyl sites for hydroxylation is 3. The van der Waals surface area contributed by atoms with Crippen molar-refractivity contribution in [3.8, 4) is 0 Å². The summed E-state index contributed by atoms with van der Waals surface area (Å²) < 4.78 is 5.94. The van der Waals surface area contributed by atoms with Crippen LogP contribution in [0.5, 0.6) is 0 Å². The third kappa shape index (κ3) is 2.57. The minimum Gasteiger partial charge on any atom is -0.451 e. The second kappa shape index (κ2) is 6.20. The molecule has 1 unspecified atom stereocenters. The Hall–Kier alpha value is -2.75. The number of nitrogens with zero attached hydrogens (tertiary/aromatic N) is 1. The van der Waals surface area contributed by atoms with Crippen LogP contribution in [0.3, 0.4) is 0 Å². The molecule has 26 heavy (non-hydrogen) atoms. The van der Waals surface area contributed by atoms with Gasteiger partial charge in [0, 0.05) is 23.5 Å². The lowest BCUT2D eigenvalue weighted by atomic mass is 10.0. The summed E-state index contributed by atoms with van der Waals surface area (Å²) in [7, 11) is 0. The first-order valence-electron chi connectivity index (χ1n) is 9.17. The highest BCUT2D eigenvalue weighted by atomic mass is 16.3. The van der Waals surface area contributed by atoms with Crippen molar-refractivity contribution < 1.29 is 9.21 Å². The van der Waals surface area contributed by atoms with E-state index in [2.05, 4.69) is 38.2 Å². The Morgan fingerprint density at radius 1 is 1.19 bits per heavy atom. The first-order chi connectivity index (χ1) is 12.5. The molecule has 0 saturated carbocycles. The third-order valence-electron chi connectivity index (χ3n) is 5.44. The molecule has 1 aromatic heterocycles. The predicted molar refractivity (Wildman–Crippen MR) is 106 cm³/mol. The molecule has 0 fully saturated rings. The summed E-state index contributed by atoms with van der Waals surface area (Å²) in [6, 6.07) is 12.3. The van der Waals surface area contributed by atoms with Gasteiger partial charge in [-0.2, -0.15) is 0 Å². The fraction of sp³-hybridized carbons (Fsp3) is 0.318. The Labute approximate surface area is 153 Å². The van der Waals surface area contributed by atoms with Crippen molar-refractivity contribution in [1.82, 2.24) is 0 Å². The van der Waals surface area contributed by atoms with Crippen molar-refractivity contribution in [2.45, 2.75) is 40.2 Å². The number of hydrogen-bond donors (Lipinski definition) is 1. The van der Waals surface area contributed by atoms with Gasteiger partial charge in [-0.25, -0.2) is 0 Å². The van der Waals surface area contributed by atoms with Crippen LogP contribution in [0.1, 0.15) is 40.6 Å². The van der Waals surface area contributed by atoms with Gasteiger partial charge in [-0.05, 0) is 56.5 Å². The Morgan fingerprint density at radius 2 is 1.92 bits per heavy atom. The summed E-state index contributed by atoms with van der Waals surface area (Å²) >= 11 is 0. The topological polar surface area (TPSA) is 45.5 Å². The highest BCUT2D eigenvalue weighted by molar-refractivity contribution is 6.10. The maximum absolute atomic E-state index is 13.4. The van der Waals surface area contributed by atoms with Gasteiger partial charge in [0.15, 0.2) is 5.76 Å². The molecule has 1 amide bonds. The van der Waals surface area contributed by atoms with E-state index in [1.54, 1.807) is 0 Å². The largest absolute Gasteiger partial charge is 0.451 e. The molecule has 0 spiro atoms. The lowest BCUT2D eigenvalue weighted by Gasteiger charge is -2.36. The summed E-state index contributed by atoms with van der Waals surface area (Å²) in [6.07, 6.45) is 0.954. The van der Waals surface area contributed by atoms with E-state index in [-0.39, 0.29) is 11.9 Å². The molecular weight excluding hydrogens is 324 g/mol. The van der Waals surface area contributed by atoms with Gasteiger partial charge >= 0.3 is 0 Å². The van der Waals surface area contributed by atoms with E-state index in [4.69, 9.17) is 4.42 Å². The molecular formula is C22H24N2O2. The van der Waals surface area contributed by atoms with Crippen molar-refractivity contribution in [1.29, 1.82) is 0 Å². The van der Waals surface area contributed by atoms with Crippen molar-refractivity contribution in [3.63, 3.8) is 0 Å². The van der Waals surface area contributed by atoms with E-state index in [1.807, 2.05) is 36.1 Å². The molecule has 2 heterocycles. The molecule has 2 aromatic carbocycles. The number of anilines is 2. The van der Waals surface area contributed by atoms with Crippen LogP contribution in [0.4, 0.5) is 11.4 Å². The maximum Gasteiger partial charge on any atom is 0.294 e. The first kappa shape index (κ1) is 16.7. The van der Waals surface area contributed by atoms with Gasteiger partial charge in [-0.3, -0.25) is 4.79 Å². The minimum absolute atomic E-state index is 0.0665. The number of amides is 1. The maximum atomic E-state index is 13.4. The van der Waals surface area contributed by atoms with Gasteiger partial charge in [0.1, 0.15) is 5.58 Å². The Bertz CT molecular complexity index is 1000. The zero-order valence-electron chi connectivity index (χ0n) is 15.7. The van der Waals surface area contributed by atoms with Crippen LogP contribution < -0.4 is 10.2 Å². The average Bonchev–Trinajstić information content (AvgIpc) is 2.98. The summed E-state index contributed by atoms with van der Waals surface area (Å²) in [5.41, 5.74) is 6.02. The van der Waals surface area contributed by atoms with Crippen LogP contribution >= 0.6 is 0 Å². The Morgan fingerprint density at radius 3 is 2.65 bits per heavy atom. The number of para-hydroxylation sites is 1. The molecule has 0 radical (unpaired) electrons. The summed E-state index contributed by atoms with van der Waals surface area (Å²) in [5.74, 6) is 0.371. The predicted octanol–water partition coefficient (Wildman–Crippen LogP) is 5.21. The van der Waals surface area contributed by atoms with Gasteiger partial charge < -0.3 is 14.6 Å². The highest BCUT2D eigenvalue weighted by Gasteiger charge is 2.31. The minimum atomic E-state index is -0.0665. The van der Waals surface area contributed by atoms with E-state index in [1.165, 1.54) is 11.1 Å². The summed E-state index contributed by atoms with van der Waals surface area (Å²) in [4.78, 5) is 15.3. The van der Waals surface area contributed by atoms with E-state index in [9.17, 15) is 4.79 Å². The normalized spacial score (nSPS) is 16.5. The standard InChI is InChI=1S/C22H24N2O2/c1-5-16-12-24(19-11-14(3)13(2)10-18(19)23-16)22(25)21-15(4)17-8-6-7-9-20(17)26-21/h6-11,16,23H,5,12H2,1-4H3. The number of rotatable bonds is 2. The van der Waals surface area contributed by atoms with Gasteiger partial charge in [0.2, 0.25) is 0 Å². The van der Waals surface area contributed by atoms with Crippen molar-refractivity contribution >= 4 is 28.3 Å². The zero-order valence-corrected chi connectivity index (χ0v) is 15.7. The molecule has 3 aromatic rings. The number of furan rings is 1. The number of carbonyl (C=O) groups is 1. The molecule has 4 rings (SSSR count). The highest BCUT2D eigenvalue weighted by Crippen LogP contribution is 2.36. The quantitative estimate of drug-likeness (QED) is 0.691. The fourth-order valence-electron chi connectivity index (χ4n) is 3.65. The first-order valence-corrected chi connectivity index (χ1v) is 9.17. The van der Waals surface area contributed by atoms with E-state index in [0.717, 1.165) is 34.3 Å². The molecule has 0 bridgehead atoms. The monoisotopic (exact) mass is 348 g/mol. The van der Waals surface area contributed by atoms with Crippen molar-refractivity contribution in [2.75, 3.05) is 16.8 Å². The molecule has 1 atom stereocenters. The Balaban J connectivity index is 1.82. The zero-order chi connectivity index (χ0) is 18.4. The van der Waals surface area contributed by atoms with Crippen LogP contribution in [0.25, 0.3) is 11.0 Å². The van der Waals surface area contributed by atoms with Gasteiger partial charge in [-0.1, -0.05) is 25.1 Å². The van der Waals surface area contributed by atoms with Crippen LogP contribution in [0, 0.1) is 20.8 Å². The van der Waals surface area contributed by atoms with Gasteiger partial charge in [0.25, 0.3) is 5.91 Å². The second-order valence-corrected chi connectivity index (χ2v) is 7.17. The van der Waals surface area contributed by atoms with E-state index >= 15 is 0 Å². The van der Waals surface area contributed by atoms with Crippen LogP contribution in [-0.4, -0.2) is 18.5 Å². The smallest absolute Gasteiger partial charge is 0.294 e. The Kier molecular flexibility index (Phi) is 3.98. The molecule has 1 N–H and O–H groups in total. The van der Waals surface area contributed by atoms with Crippen molar-refractivity contribution in [2.24, 2.45) is 0 Å². The lowest BCUT2D eigenvalue weighted by molar-refractivity contribution is 0.0959. The van der Waals surface area contributed by atoms with E-state index in [0.29, 0.717) is 12.3 Å². The molecule has 1 aliphatic rings. The van der Waals surface area contributed by atoms with Crippen LogP contribution in [0.15, 0.2) is 40.8 Å². The third-order valence-corrected chi connectivity index (χ3v) is 5.44. The van der Waals surface area contributed by atoms with Crippen molar-refractivity contribution in [3.05, 3.63) is 58.8 Å². The number of carbonyl (C=O) groups excluding carboxylic acids is 1.